The van der Waals surface area contributed by atoms with Crippen LogP contribution in [0.2, 0.25) is 0 Å². The maximum Gasteiger partial charge on any atom is 0.238 e. The van der Waals surface area contributed by atoms with E-state index >= 15 is 0 Å². The molecular formula is C10H6BF3. The maximum atomic E-state index is 13.1. The third-order valence-electron chi connectivity index (χ3n) is 2.15. The quantitative estimate of drug-likeness (QED) is 0.603. The summed E-state index contributed by atoms with van der Waals surface area (Å²) in [5.74, 6) is -2.43. The lowest BCUT2D eigenvalue weighted by molar-refractivity contribution is 0.520. The zero-order valence-corrected chi connectivity index (χ0v) is 7.23. The third-order valence-corrected chi connectivity index (χ3v) is 2.15. The average Bonchev–Trinajstić information content (AvgIpc) is 2.47. The smallest absolute Gasteiger partial charge is 0.220 e. The van der Waals surface area contributed by atoms with Gasteiger partial charge in [-0.3, -0.25) is 0 Å². The first-order valence-electron chi connectivity index (χ1n) is 4.18. The van der Waals surface area contributed by atoms with Crippen molar-refractivity contribution in [2.24, 2.45) is 0 Å². The van der Waals surface area contributed by atoms with Crippen LogP contribution >= 0.6 is 0 Å². The van der Waals surface area contributed by atoms with E-state index in [1.807, 2.05) is 0 Å². The second-order valence-corrected chi connectivity index (χ2v) is 3.05. The Hall–Kier alpha value is -1.45. The molecule has 1 aliphatic heterocycles. The molecule has 0 saturated carbocycles. The highest BCUT2D eigenvalue weighted by molar-refractivity contribution is 6.69. The van der Waals surface area contributed by atoms with E-state index in [4.69, 9.17) is 0 Å². The molecule has 0 atom stereocenters. The van der Waals surface area contributed by atoms with Gasteiger partial charge in [0.25, 0.3) is 0 Å². The van der Waals surface area contributed by atoms with Gasteiger partial charge in [0.1, 0.15) is 5.73 Å². The van der Waals surface area contributed by atoms with Gasteiger partial charge in [0.05, 0.1) is 0 Å². The fraction of sp³-hybridized carbons (Fsp3) is 0. The molecule has 0 saturated heterocycles. The Labute approximate surface area is 80.0 Å². The summed E-state index contributed by atoms with van der Waals surface area (Å²) in [6.07, 6.45) is 0. The number of allylic oxidation sites excluding steroid dienone is 2. The summed E-state index contributed by atoms with van der Waals surface area (Å²) in [6.45, 7) is 0. The fourth-order valence-corrected chi connectivity index (χ4v) is 1.43. The molecule has 2 rings (SSSR count). The van der Waals surface area contributed by atoms with E-state index in [9.17, 15) is 13.2 Å². The Morgan fingerprint density at radius 3 is 2.00 bits per heavy atom. The van der Waals surface area contributed by atoms with Crippen LogP contribution in [0.5, 0.6) is 0 Å². The first kappa shape index (κ1) is 9.12. The summed E-state index contributed by atoms with van der Waals surface area (Å²) in [5, 5.41) is 0. The Bertz CT molecular complexity index is 420. The second-order valence-electron chi connectivity index (χ2n) is 3.05. The summed E-state index contributed by atoms with van der Waals surface area (Å²) in [4.78, 5) is 0. The van der Waals surface area contributed by atoms with Crippen molar-refractivity contribution >= 4 is 12.8 Å². The summed E-state index contributed by atoms with van der Waals surface area (Å²) < 4.78 is 38.6. The fourth-order valence-electron chi connectivity index (χ4n) is 1.43. The van der Waals surface area contributed by atoms with Crippen LogP contribution in [-0.4, -0.2) is 7.28 Å². The lowest BCUT2D eigenvalue weighted by Gasteiger charge is -2.00. The maximum absolute atomic E-state index is 13.1. The molecule has 0 aromatic heterocycles. The van der Waals surface area contributed by atoms with Crippen molar-refractivity contribution in [3.05, 3.63) is 53.3 Å². The molecule has 0 nitrogen and oxygen atoms in total. The van der Waals surface area contributed by atoms with Crippen LogP contribution in [0.3, 0.4) is 0 Å². The third kappa shape index (κ3) is 1.37. The number of rotatable bonds is 1. The molecular weight excluding hydrogens is 188 g/mol. The van der Waals surface area contributed by atoms with Crippen LogP contribution < -0.4 is 0 Å². The van der Waals surface area contributed by atoms with Crippen LogP contribution in [0.25, 0.3) is 5.47 Å². The molecule has 14 heavy (non-hydrogen) atoms. The standard InChI is InChI=1S/C10H6BF3/c12-8-7(11-10(14)9(8)13)6-4-2-1-3-5-6/h1-5,11H. The SMILES string of the molecule is FC1=C(F)C(F)=C(c2ccccc2)B1. The van der Waals surface area contributed by atoms with Crippen molar-refractivity contribution in [1.29, 1.82) is 0 Å². The van der Waals surface area contributed by atoms with Crippen molar-refractivity contribution in [3.63, 3.8) is 0 Å². The molecule has 0 amide bonds. The summed E-state index contributed by atoms with van der Waals surface area (Å²) >= 11 is 0. The molecule has 1 heterocycles. The highest BCUT2D eigenvalue weighted by Gasteiger charge is 2.27. The molecule has 0 bridgehead atoms. The number of hydrogen-bond donors (Lipinski definition) is 0. The van der Waals surface area contributed by atoms with Gasteiger partial charge < -0.3 is 0 Å². The van der Waals surface area contributed by atoms with Crippen molar-refractivity contribution in [2.45, 2.75) is 0 Å². The minimum atomic E-state index is -1.36. The van der Waals surface area contributed by atoms with Crippen LogP contribution in [-0.2, 0) is 0 Å². The largest absolute Gasteiger partial charge is 0.238 e. The van der Waals surface area contributed by atoms with Crippen LogP contribution in [0, 0.1) is 0 Å². The van der Waals surface area contributed by atoms with E-state index in [2.05, 4.69) is 0 Å². The molecule has 0 fully saturated rings. The van der Waals surface area contributed by atoms with E-state index in [0.29, 0.717) is 5.56 Å². The monoisotopic (exact) mass is 194 g/mol. The predicted molar refractivity (Wildman–Crippen MR) is 50.9 cm³/mol. The topological polar surface area (TPSA) is 0 Å². The van der Waals surface area contributed by atoms with Gasteiger partial charge >= 0.3 is 0 Å². The molecule has 1 aliphatic rings. The van der Waals surface area contributed by atoms with E-state index in [0.717, 1.165) is 0 Å². The van der Waals surface area contributed by atoms with E-state index < -0.39 is 17.4 Å². The van der Waals surface area contributed by atoms with Crippen molar-refractivity contribution in [3.8, 4) is 0 Å². The van der Waals surface area contributed by atoms with Gasteiger partial charge in [-0.1, -0.05) is 30.3 Å². The highest BCUT2D eigenvalue weighted by Crippen LogP contribution is 2.34. The average molecular weight is 194 g/mol. The minimum Gasteiger partial charge on any atom is -0.220 e. The molecule has 0 spiro atoms. The molecule has 70 valence electrons. The second kappa shape index (κ2) is 3.37. The number of halogens is 3. The van der Waals surface area contributed by atoms with Crippen molar-refractivity contribution in [1.82, 2.24) is 0 Å². The van der Waals surface area contributed by atoms with Crippen molar-refractivity contribution in [2.75, 3.05) is 0 Å². The normalized spacial score (nSPS) is 16.2. The first-order chi connectivity index (χ1) is 6.70. The molecule has 4 heteroatoms. The Balaban J connectivity index is 2.42. The van der Waals surface area contributed by atoms with E-state index in [1.54, 1.807) is 30.3 Å². The summed E-state index contributed by atoms with van der Waals surface area (Å²) in [7, 11) is -0.290. The van der Waals surface area contributed by atoms with E-state index in [-0.39, 0.29) is 12.8 Å². The number of hydrogen-bond acceptors (Lipinski definition) is 0. The summed E-state index contributed by atoms with van der Waals surface area (Å²) in [5.41, 5.74) is -0.422. The van der Waals surface area contributed by atoms with Crippen molar-refractivity contribution < 1.29 is 13.2 Å². The van der Waals surface area contributed by atoms with Crippen LogP contribution in [0.15, 0.2) is 47.7 Å². The predicted octanol–water partition coefficient (Wildman–Crippen LogP) is 2.88. The van der Waals surface area contributed by atoms with Crippen LogP contribution in [0.1, 0.15) is 5.56 Å². The Morgan fingerprint density at radius 2 is 1.50 bits per heavy atom. The molecule has 0 radical (unpaired) electrons. The number of benzene rings is 1. The zero-order chi connectivity index (χ0) is 10.1. The van der Waals surface area contributed by atoms with Gasteiger partial charge in [-0.2, -0.15) is 0 Å². The highest BCUT2D eigenvalue weighted by atomic mass is 19.2. The van der Waals surface area contributed by atoms with E-state index in [1.165, 1.54) is 0 Å². The Kier molecular flexibility index (Phi) is 2.19. The van der Waals surface area contributed by atoms with Gasteiger partial charge in [-0.25, -0.2) is 13.2 Å². The lowest BCUT2D eigenvalue weighted by Crippen LogP contribution is -1.92. The summed E-state index contributed by atoms with van der Waals surface area (Å²) in [6, 6.07) is 8.41. The van der Waals surface area contributed by atoms with Gasteiger partial charge in [-0.05, 0) is 11.0 Å². The van der Waals surface area contributed by atoms with Gasteiger partial charge in [0.2, 0.25) is 7.28 Å². The van der Waals surface area contributed by atoms with Crippen LogP contribution in [0.4, 0.5) is 13.2 Å². The first-order valence-corrected chi connectivity index (χ1v) is 4.18. The zero-order valence-electron chi connectivity index (χ0n) is 7.23. The molecule has 0 aliphatic carbocycles. The molecule has 1 aromatic rings. The minimum absolute atomic E-state index is 0.0839. The molecule has 0 unspecified atom stereocenters. The lowest BCUT2D eigenvalue weighted by atomic mass is 9.68. The van der Waals surface area contributed by atoms with Gasteiger partial charge in [-0.15, -0.1) is 0 Å². The molecule has 1 aromatic carbocycles. The Morgan fingerprint density at radius 1 is 0.857 bits per heavy atom. The van der Waals surface area contributed by atoms with Gasteiger partial charge in [0, 0.05) is 0 Å². The molecule has 0 N–H and O–H groups in total. The van der Waals surface area contributed by atoms with Gasteiger partial charge in [0.15, 0.2) is 11.7 Å².